The van der Waals surface area contributed by atoms with Gasteiger partial charge in [0, 0.05) is 13.1 Å². The molecule has 0 radical (unpaired) electrons. The second-order valence-corrected chi connectivity index (χ2v) is 5.32. The number of aliphatic hydroxyl groups excluding tert-OH is 1. The van der Waals surface area contributed by atoms with E-state index in [2.05, 4.69) is 9.44 Å². The Bertz CT molecular complexity index is 260. The van der Waals surface area contributed by atoms with Crippen molar-refractivity contribution in [1.82, 2.24) is 9.44 Å². The van der Waals surface area contributed by atoms with Crippen LogP contribution in [0.25, 0.3) is 0 Å². The zero-order valence-electron chi connectivity index (χ0n) is 8.36. The number of rotatable bonds is 6. The molecule has 6 heteroatoms. The molecule has 0 heterocycles. The molecule has 0 aromatic carbocycles. The van der Waals surface area contributed by atoms with Crippen molar-refractivity contribution < 1.29 is 13.5 Å². The average molecular weight is 222 g/mol. The summed E-state index contributed by atoms with van der Waals surface area (Å²) in [4.78, 5) is 0. The summed E-state index contributed by atoms with van der Waals surface area (Å²) in [5.74, 6) is 0.295. The van der Waals surface area contributed by atoms with Crippen LogP contribution in [0.3, 0.4) is 0 Å². The first-order valence-corrected chi connectivity index (χ1v) is 6.44. The summed E-state index contributed by atoms with van der Waals surface area (Å²) in [7, 11) is -3.31. The molecule has 3 N–H and O–H groups in total. The van der Waals surface area contributed by atoms with E-state index < -0.39 is 10.2 Å². The van der Waals surface area contributed by atoms with Gasteiger partial charge in [-0.2, -0.15) is 8.42 Å². The van der Waals surface area contributed by atoms with Gasteiger partial charge in [0.2, 0.25) is 0 Å². The molecule has 84 valence electrons. The van der Waals surface area contributed by atoms with Gasteiger partial charge in [-0.1, -0.05) is 6.92 Å². The number of hydrogen-bond donors (Lipinski definition) is 3. The number of hydrogen-bond acceptors (Lipinski definition) is 3. The Morgan fingerprint density at radius 3 is 2.50 bits per heavy atom. The van der Waals surface area contributed by atoms with Gasteiger partial charge < -0.3 is 5.11 Å². The van der Waals surface area contributed by atoms with Gasteiger partial charge in [0.1, 0.15) is 0 Å². The molecule has 1 aliphatic rings. The highest BCUT2D eigenvalue weighted by molar-refractivity contribution is 7.87. The highest BCUT2D eigenvalue weighted by Crippen LogP contribution is 2.26. The fraction of sp³-hybridized carbons (Fsp3) is 1.00. The van der Waals surface area contributed by atoms with Crippen LogP contribution >= 0.6 is 0 Å². The molecule has 14 heavy (non-hydrogen) atoms. The topological polar surface area (TPSA) is 78.4 Å². The van der Waals surface area contributed by atoms with E-state index in [1.54, 1.807) is 0 Å². The van der Waals surface area contributed by atoms with Gasteiger partial charge in [-0.3, -0.25) is 0 Å². The zero-order chi connectivity index (χ0) is 10.6. The van der Waals surface area contributed by atoms with Crippen LogP contribution in [0.2, 0.25) is 0 Å². The van der Waals surface area contributed by atoms with E-state index >= 15 is 0 Å². The Morgan fingerprint density at radius 2 is 2.00 bits per heavy atom. The van der Waals surface area contributed by atoms with Crippen LogP contribution < -0.4 is 9.44 Å². The summed E-state index contributed by atoms with van der Waals surface area (Å²) >= 11 is 0. The molecule has 0 spiro atoms. The second-order valence-electron chi connectivity index (χ2n) is 3.74. The summed E-state index contributed by atoms with van der Waals surface area (Å²) in [6.45, 7) is 2.80. The van der Waals surface area contributed by atoms with Gasteiger partial charge in [-0.05, 0) is 25.2 Å². The highest BCUT2D eigenvalue weighted by atomic mass is 32.2. The molecule has 0 amide bonds. The summed E-state index contributed by atoms with van der Waals surface area (Å²) < 4.78 is 27.3. The maximum Gasteiger partial charge on any atom is 0.276 e. The Kier molecular flexibility index (Phi) is 4.31. The third kappa shape index (κ3) is 3.91. The molecule has 0 aromatic heterocycles. The lowest BCUT2D eigenvalue weighted by Gasteiger charge is -2.31. The third-order valence-corrected chi connectivity index (χ3v) is 3.45. The van der Waals surface area contributed by atoms with Crippen molar-refractivity contribution in [3.05, 3.63) is 0 Å². The predicted molar refractivity (Wildman–Crippen MR) is 53.9 cm³/mol. The smallest absolute Gasteiger partial charge is 0.276 e. The Labute approximate surface area is 85.1 Å². The maximum atomic E-state index is 11.2. The molecule has 1 saturated carbocycles. The molecule has 0 aliphatic heterocycles. The largest absolute Gasteiger partial charge is 0.393 e. The highest BCUT2D eigenvalue weighted by Gasteiger charge is 2.27. The molecule has 0 saturated heterocycles. The fourth-order valence-electron chi connectivity index (χ4n) is 1.38. The predicted octanol–water partition coefficient (Wildman–Crippen LogP) is -0.409. The van der Waals surface area contributed by atoms with E-state index in [0.717, 1.165) is 6.42 Å². The van der Waals surface area contributed by atoms with E-state index in [9.17, 15) is 8.42 Å². The zero-order valence-corrected chi connectivity index (χ0v) is 9.18. The van der Waals surface area contributed by atoms with E-state index in [0.29, 0.717) is 31.8 Å². The van der Waals surface area contributed by atoms with Crippen LogP contribution in [0.1, 0.15) is 26.2 Å². The average Bonchev–Trinajstić information content (AvgIpc) is 2.07. The first-order valence-electron chi connectivity index (χ1n) is 4.96. The first-order chi connectivity index (χ1) is 6.53. The Balaban J connectivity index is 2.16. The number of aliphatic hydroxyl groups is 1. The Hall–Kier alpha value is -0.170. The van der Waals surface area contributed by atoms with Gasteiger partial charge in [0.05, 0.1) is 6.10 Å². The molecule has 0 atom stereocenters. The number of nitrogens with one attached hydrogen (secondary N) is 2. The van der Waals surface area contributed by atoms with Gasteiger partial charge in [0.15, 0.2) is 0 Å². The van der Waals surface area contributed by atoms with Crippen LogP contribution in [0.15, 0.2) is 0 Å². The van der Waals surface area contributed by atoms with Crippen LogP contribution in [-0.4, -0.2) is 32.7 Å². The van der Waals surface area contributed by atoms with E-state index in [-0.39, 0.29) is 6.10 Å². The van der Waals surface area contributed by atoms with Crippen molar-refractivity contribution in [3.63, 3.8) is 0 Å². The van der Waals surface area contributed by atoms with E-state index in [4.69, 9.17) is 5.11 Å². The molecule has 1 aliphatic carbocycles. The summed E-state index contributed by atoms with van der Waals surface area (Å²) in [5, 5.41) is 9.00. The van der Waals surface area contributed by atoms with Crippen molar-refractivity contribution in [3.8, 4) is 0 Å². The molecule has 0 aromatic rings. The van der Waals surface area contributed by atoms with Crippen molar-refractivity contribution in [2.24, 2.45) is 5.92 Å². The summed E-state index contributed by atoms with van der Waals surface area (Å²) in [6, 6.07) is 0. The van der Waals surface area contributed by atoms with Gasteiger partial charge in [-0.15, -0.1) is 0 Å². The van der Waals surface area contributed by atoms with Crippen molar-refractivity contribution in [2.75, 3.05) is 13.1 Å². The van der Waals surface area contributed by atoms with Gasteiger partial charge >= 0.3 is 0 Å². The minimum Gasteiger partial charge on any atom is -0.393 e. The van der Waals surface area contributed by atoms with Crippen molar-refractivity contribution in [2.45, 2.75) is 32.3 Å². The SMILES string of the molecule is CCCNS(=O)(=O)NCC1CC(O)C1. The molecular formula is C8H18N2O3S. The Morgan fingerprint density at radius 1 is 1.36 bits per heavy atom. The van der Waals surface area contributed by atoms with E-state index in [1.165, 1.54) is 0 Å². The normalized spacial score (nSPS) is 27.3. The molecule has 5 nitrogen and oxygen atoms in total. The lowest BCUT2D eigenvalue weighted by Crippen LogP contribution is -2.43. The summed E-state index contributed by atoms with van der Waals surface area (Å²) in [6.07, 6.45) is 1.96. The lowest BCUT2D eigenvalue weighted by atomic mass is 9.83. The summed E-state index contributed by atoms with van der Waals surface area (Å²) in [5.41, 5.74) is 0. The van der Waals surface area contributed by atoms with E-state index in [1.807, 2.05) is 6.92 Å². The molecule has 1 fully saturated rings. The third-order valence-electron chi connectivity index (χ3n) is 2.31. The van der Waals surface area contributed by atoms with Crippen LogP contribution in [0, 0.1) is 5.92 Å². The van der Waals surface area contributed by atoms with Crippen molar-refractivity contribution in [1.29, 1.82) is 0 Å². The van der Waals surface area contributed by atoms with Crippen LogP contribution in [0.4, 0.5) is 0 Å². The quantitative estimate of drug-likeness (QED) is 0.572. The minimum atomic E-state index is -3.31. The van der Waals surface area contributed by atoms with Crippen LogP contribution in [-0.2, 0) is 10.2 Å². The fourth-order valence-corrected chi connectivity index (χ4v) is 2.41. The van der Waals surface area contributed by atoms with Gasteiger partial charge in [0.25, 0.3) is 10.2 Å². The first kappa shape index (κ1) is 11.9. The second kappa shape index (κ2) is 5.06. The molecule has 0 bridgehead atoms. The van der Waals surface area contributed by atoms with Crippen molar-refractivity contribution >= 4 is 10.2 Å². The van der Waals surface area contributed by atoms with Gasteiger partial charge in [-0.25, -0.2) is 9.44 Å². The maximum absolute atomic E-state index is 11.2. The van der Waals surface area contributed by atoms with Crippen LogP contribution in [0.5, 0.6) is 0 Å². The molecule has 0 unspecified atom stereocenters. The minimum absolute atomic E-state index is 0.229. The monoisotopic (exact) mass is 222 g/mol. The molecule has 1 rings (SSSR count). The standard InChI is InChI=1S/C8H18N2O3S/c1-2-3-9-14(12,13)10-6-7-4-8(11)5-7/h7-11H,2-6H2,1H3. The lowest BCUT2D eigenvalue weighted by molar-refractivity contribution is 0.0453. The molecular weight excluding hydrogens is 204 g/mol.